The average molecular weight is 419 g/mol. The van der Waals surface area contributed by atoms with Gasteiger partial charge in [0, 0.05) is 13.1 Å². The summed E-state index contributed by atoms with van der Waals surface area (Å²) in [4.78, 5) is 51.5. The Balaban J connectivity index is 1.34. The predicted octanol–water partition coefficient (Wildman–Crippen LogP) is 2.35. The Hall–Kier alpha value is -2.35. The Morgan fingerprint density at radius 2 is 1.69 bits per heavy atom. The zero-order valence-electron chi connectivity index (χ0n) is 16.6. The van der Waals surface area contributed by atoms with Gasteiger partial charge in [-0.2, -0.15) is 0 Å². The van der Waals surface area contributed by atoms with Gasteiger partial charge < -0.3 is 9.64 Å². The molecule has 7 nitrogen and oxygen atoms in total. The first-order valence-electron chi connectivity index (χ1n) is 9.93. The number of carbonyl (C=O) groups excluding carboxylic acids is 4. The van der Waals surface area contributed by atoms with Crippen molar-refractivity contribution in [2.45, 2.75) is 38.1 Å². The highest BCUT2D eigenvalue weighted by molar-refractivity contribution is 8.00. The summed E-state index contributed by atoms with van der Waals surface area (Å²) < 4.78 is 5.13. The fraction of sp³-hybridized carbons (Fsp3) is 0.524. The molecule has 1 aromatic rings. The van der Waals surface area contributed by atoms with Crippen LogP contribution in [0, 0.1) is 0 Å². The van der Waals surface area contributed by atoms with Crippen molar-refractivity contribution in [3.63, 3.8) is 0 Å². The molecule has 1 heterocycles. The molecule has 0 spiro atoms. The lowest BCUT2D eigenvalue weighted by Gasteiger charge is -2.31. The third-order valence-electron chi connectivity index (χ3n) is 5.42. The van der Waals surface area contributed by atoms with Gasteiger partial charge in [0.25, 0.3) is 11.8 Å². The highest BCUT2D eigenvalue weighted by atomic mass is 32.2. The lowest BCUT2D eigenvalue weighted by atomic mass is 9.94. The normalized spacial score (nSPS) is 16.7. The van der Waals surface area contributed by atoms with E-state index in [2.05, 4.69) is 0 Å². The highest BCUT2D eigenvalue weighted by Gasteiger charge is 2.34. The third-order valence-corrected chi connectivity index (χ3v) is 6.31. The molecule has 0 N–H and O–H groups in total. The number of amides is 3. The Morgan fingerprint density at radius 3 is 2.31 bits per heavy atom. The largest absolute Gasteiger partial charge is 0.463 e. The van der Waals surface area contributed by atoms with Gasteiger partial charge in [-0.1, -0.05) is 31.4 Å². The van der Waals surface area contributed by atoms with Gasteiger partial charge in [0.2, 0.25) is 5.91 Å². The van der Waals surface area contributed by atoms with E-state index in [1.807, 2.05) is 7.05 Å². The molecule has 1 aliphatic carbocycles. The van der Waals surface area contributed by atoms with E-state index in [1.165, 1.54) is 18.2 Å². The number of fused-ring (bicyclic) bond motifs is 1. The minimum atomic E-state index is -0.459. The van der Waals surface area contributed by atoms with Gasteiger partial charge in [0.1, 0.15) is 6.61 Å². The van der Waals surface area contributed by atoms with Crippen molar-refractivity contribution >= 4 is 35.5 Å². The first-order chi connectivity index (χ1) is 14.0. The van der Waals surface area contributed by atoms with Crippen LogP contribution in [-0.4, -0.2) is 71.2 Å². The van der Waals surface area contributed by atoms with Crippen molar-refractivity contribution in [1.82, 2.24) is 9.80 Å². The quantitative estimate of drug-likeness (QED) is 0.476. The van der Waals surface area contributed by atoms with Crippen LogP contribution in [0.5, 0.6) is 0 Å². The minimum absolute atomic E-state index is 0.0199. The number of nitrogens with zero attached hydrogens (tertiary/aromatic N) is 2. The fourth-order valence-corrected chi connectivity index (χ4v) is 4.46. The number of carbonyl (C=O) groups is 4. The van der Waals surface area contributed by atoms with Gasteiger partial charge in [-0.3, -0.25) is 24.1 Å². The number of imide groups is 1. The van der Waals surface area contributed by atoms with Crippen LogP contribution < -0.4 is 0 Å². The number of hydrogen-bond donors (Lipinski definition) is 0. The van der Waals surface area contributed by atoms with Crippen molar-refractivity contribution in [2.24, 2.45) is 0 Å². The number of esters is 1. The molecule has 0 bridgehead atoms. The first-order valence-corrected chi connectivity index (χ1v) is 11.1. The van der Waals surface area contributed by atoms with Gasteiger partial charge in [0.15, 0.2) is 0 Å². The second-order valence-electron chi connectivity index (χ2n) is 7.32. The van der Waals surface area contributed by atoms with E-state index in [9.17, 15) is 19.2 Å². The average Bonchev–Trinajstić information content (AvgIpc) is 2.99. The van der Waals surface area contributed by atoms with Crippen molar-refractivity contribution in [3.8, 4) is 0 Å². The van der Waals surface area contributed by atoms with Crippen LogP contribution >= 0.6 is 11.8 Å². The van der Waals surface area contributed by atoms with E-state index < -0.39 is 5.97 Å². The molecular formula is C21H26N2O5S. The van der Waals surface area contributed by atoms with Crippen LogP contribution in [0.3, 0.4) is 0 Å². The maximum Gasteiger partial charge on any atom is 0.315 e. The molecule has 3 amide bonds. The van der Waals surface area contributed by atoms with Crippen LogP contribution in [0.15, 0.2) is 24.3 Å². The van der Waals surface area contributed by atoms with Crippen LogP contribution in [0.2, 0.25) is 0 Å². The van der Waals surface area contributed by atoms with Crippen molar-refractivity contribution in [1.29, 1.82) is 0 Å². The number of thioether (sulfide) groups is 1. The van der Waals surface area contributed by atoms with E-state index in [0.29, 0.717) is 17.2 Å². The Morgan fingerprint density at radius 1 is 1.07 bits per heavy atom. The van der Waals surface area contributed by atoms with Gasteiger partial charge in [-0.05, 0) is 25.0 Å². The van der Waals surface area contributed by atoms with Gasteiger partial charge in [-0.15, -0.1) is 11.8 Å². The van der Waals surface area contributed by atoms with E-state index in [-0.39, 0.29) is 42.4 Å². The SMILES string of the molecule is CN(C(=O)CSCC(=O)OCCN1C(=O)c2ccccc2C1=O)C1CCCCC1. The van der Waals surface area contributed by atoms with Crippen molar-refractivity contribution in [2.75, 3.05) is 31.7 Å². The molecule has 1 saturated carbocycles. The molecule has 0 radical (unpaired) electrons. The summed E-state index contributed by atoms with van der Waals surface area (Å²) in [6, 6.07) is 6.94. The third kappa shape index (κ3) is 5.18. The molecule has 0 aromatic heterocycles. The lowest BCUT2D eigenvalue weighted by Crippen LogP contribution is -2.39. The summed E-state index contributed by atoms with van der Waals surface area (Å²) in [5.74, 6) is -0.868. The summed E-state index contributed by atoms with van der Waals surface area (Å²) in [5, 5.41) is 0. The first kappa shape index (κ1) is 21.4. The Kier molecular flexibility index (Phi) is 7.30. The highest BCUT2D eigenvalue weighted by Crippen LogP contribution is 2.23. The van der Waals surface area contributed by atoms with Gasteiger partial charge in [0.05, 0.1) is 29.2 Å². The maximum atomic E-state index is 12.3. The molecule has 0 unspecified atom stereocenters. The predicted molar refractivity (Wildman–Crippen MR) is 110 cm³/mol. The van der Waals surface area contributed by atoms with E-state index in [4.69, 9.17) is 4.74 Å². The molecule has 156 valence electrons. The summed E-state index contributed by atoms with van der Waals surface area (Å²) in [5.41, 5.74) is 0.750. The zero-order chi connectivity index (χ0) is 20.8. The Labute approximate surface area is 174 Å². The van der Waals surface area contributed by atoms with E-state index >= 15 is 0 Å². The molecule has 1 aliphatic heterocycles. The Bertz CT molecular complexity index is 756. The molecule has 1 aromatic carbocycles. The summed E-state index contributed by atoms with van der Waals surface area (Å²) in [6.07, 6.45) is 5.66. The lowest BCUT2D eigenvalue weighted by molar-refractivity contribution is -0.140. The van der Waals surface area contributed by atoms with E-state index in [0.717, 1.165) is 30.6 Å². The standard InChI is InChI=1S/C21H26N2O5S/c1-22(15-7-3-2-4-8-15)18(24)13-29-14-19(25)28-12-11-23-20(26)16-9-5-6-10-17(16)21(23)27/h5-6,9-10,15H,2-4,7-8,11-14H2,1H3. The number of hydrogen-bond acceptors (Lipinski definition) is 6. The van der Waals surface area contributed by atoms with Crippen LogP contribution in [0.4, 0.5) is 0 Å². The van der Waals surface area contributed by atoms with Crippen LogP contribution in [0.1, 0.15) is 52.8 Å². The molecule has 0 saturated heterocycles. The topological polar surface area (TPSA) is 84.0 Å². The fourth-order valence-electron chi connectivity index (χ4n) is 3.73. The zero-order valence-corrected chi connectivity index (χ0v) is 17.4. The maximum absolute atomic E-state index is 12.3. The smallest absolute Gasteiger partial charge is 0.315 e. The summed E-state index contributed by atoms with van der Waals surface area (Å²) >= 11 is 1.22. The van der Waals surface area contributed by atoms with Crippen molar-refractivity contribution < 1.29 is 23.9 Å². The molecule has 1 fully saturated rings. The molecule has 0 atom stereocenters. The number of ether oxygens (including phenoxy) is 1. The second kappa shape index (κ2) is 9.91. The molecule has 3 rings (SSSR count). The monoisotopic (exact) mass is 418 g/mol. The van der Waals surface area contributed by atoms with Crippen LogP contribution in [0.25, 0.3) is 0 Å². The van der Waals surface area contributed by atoms with Gasteiger partial charge >= 0.3 is 5.97 Å². The summed E-state index contributed by atoms with van der Waals surface area (Å²) in [6.45, 7) is -0.0348. The number of rotatable bonds is 8. The summed E-state index contributed by atoms with van der Waals surface area (Å²) in [7, 11) is 1.83. The van der Waals surface area contributed by atoms with Gasteiger partial charge in [-0.25, -0.2) is 0 Å². The second-order valence-corrected chi connectivity index (χ2v) is 8.30. The van der Waals surface area contributed by atoms with Crippen LogP contribution in [-0.2, 0) is 14.3 Å². The molecular weight excluding hydrogens is 392 g/mol. The number of benzene rings is 1. The molecule has 8 heteroatoms. The minimum Gasteiger partial charge on any atom is -0.463 e. The molecule has 2 aliphatic rings. The van der Waals surface area contributed by atoms with Crippen molar-refractivity contribution in [3.05, 3.63) is 35.4 Å². The molecule has 29 heavy (non-hydrogen) atoms. The van der Waals surface area contributed by atoms with E-state index in [1.54, 1.807) is 29.2 Å².